The second-order valence-corrected chi connectivity index (χ2v) is 4.38. The smallest absolute Gasteiger partial charge is 0.153 e. The average Bonchev–Trinajstić information content (AvgIpc) is 2.75. The lowest BCUT2D eigenvalue weighted by atomic mass is 10.2. The molecule has 1 aliphatic rings. The summed E-state index contributed by atoms with van der Waals surface area (Å²) in [6, 6.07) is 2.62. The maximum atomic E-state index is 13.3. The number of aldehydes is 1. The van der Waals surface area contributed by atoms with Gasteiger partial charge in [-0.05, 0) is 22.0 Å². The van der Waals surface area contributed by atoms with E-state index in [0.717, 1.165) is 6.42 Å². The third-order valence-electron chi connectivity index (χ3n) is 2.36. The summed E-state index contributed by atoms with van der Waals surface area (Å²) in [6.07, 6.45) is 1.23. The van der Waals surface area contributed by atoms with E-state index in [-0.39, 0.29) is 11.7 Å². The minimum atomic E-state index is -0.577. The van der Waals surface area contributed by atoms with Gasteiger partial charge in [0.25, 0.3) is 0 Å². The first-order valence-corrected chi connectivity index (χ1v) is 5.68. The van der Waals surface area contributed by atoms with E-state index in [9.17, 15) is 9.18 Å². The van der Waals surface area contributed by atoms with Crippen molar-refractivity contribution >= 4 is 22.2 Å². The van der Waals surface area contributed by atoms with E-state index in [0.29, 0.717) is 29.7 Å². The van der Waals surface area contributed by atoms with Crippen LogP contribution in [0.25, 0.3) is 0 Å². The molecule has 1 fully saturated rings. The second kappa shape index (κ2) is 4.93. The Kier molecular flexibility index (Phi) is 3.56. The van der Waals surface area contributed by atoms with E-state index in [4.69, 9.17) is 9.47 Å². The highest BCUT2D eigenvalue weighted by Gasteiger charge is 2.19. The zero-order chi connectivity index (χ0) is 11.5. The van der Waals surface area contributed by atoms with Crippen LogP contribution in [0.1, 0.15) is 16.8 Å². The number of halogens is 2. The van der Waals surface area contributed by atoms with Gasteiger partial charge >= 0.3 is 0 Å². The number of hydrogen-bond acceptors (Lipinski definition) is 3. The molecule has 0 N–H and O–H groups in total. The third-order valence-corrected chi connectivity index (χ3v) is 2.98. The molecule has 3 nitrogen and oxygen atoms in total. The standard InChI is InChI=1S/C11H10BrFO3/c12-9-3-7(5-14)10(13)4-11(9)16-8-1-2-15-6-8/h3-5,8H,1-2,6H2. The predicted octanol–water partition coefficient (Wildman–Crippen LogP) is 2.57. The van der Waals surface area contributed by atoms with Crippen molar-refractivity contribution in [3.63, 3.8) is 0 Å². The summed E-state index contributed by atoms with van der Waals surface area (Å²) in [5.74, 6) is -0.175. The van der Waals surface area contributed by atoms with E-state index in [1.54, 1.807) is 0 Å². The maximum absolute atomic E-state index is 13.3. The molecule has 0 spiro atoms. The molecular formula is C11H10BrFO3. The van der Waals surface area contributed by atoms with Crippen LogP contribution >= 0.6 is 15.9 Å². The molecule has 1 aromatic rings. The minimum absolute atomic E-state index is 0.0156. The van der Waals surface area contributed by atoms with Gasteiger partial charge in [-0.1, -0.05) is 0 Å². The summed E-state index contributed by atoms with van der Waals surface area (Å²) in [6.45, 7) is 1.18. The second-order valence-electron chi connectivity index (χ2n) is 3.53. The lowest BCUT2D eigenvalue weighted by Gasteiger charge is -2.13. The monoisotopic (exact) mass is 288 g/mol. The quantitative estimate of drug-likeness (QED) is 0.802. The fourth-order valence-corrected chi connectivity index (χ4v) is 1.96. The van der Waals surface area contributed by atoms with Crippen LogP contribution in [0.15, 0.2) is 16.6 Å². The van der Waals surface area contributed by atoms with Crippen molar-refractivity contribution in [2.45, 2.75) is 12.5 Å². The van der Waals surface area contributed by atoms with Crippen LogP contribution in [0, 0.1) is 5.82 Å². The molecule has 0 radical (unpaired) electrons. The third kappa shape index (κ3) is 2.41. The van der Waals surface area contributed by atoms with Crippen LogP contribution < -0.4 is 4.74 Å². The molecule has 0 amide bonds. The zero-order valence-corrected chi connectivity index (χ0v) is 10.00. The lowest BCUT2D eigenvalue weighted by Crippen LogP contribution is -2.16. The maximum Gasteiger partial charge on any atom is 0.153 e. The van der Waals surface area contributed by atoms with Gasteiger partial charge in [-0.15, -0.1) is 0 Å². The van der Waals surface area contributed by atoms with Crippen LogP contribution in [0.5, 0.6) is 5.75 Å². The summed E-state index contributed by atoms with van der Waals surface area (Å²) in [7, 11) is 0. The van der Waals surface area contributed by atoms with E-state index in [1.165, 1.54) is 12.1 Å². The molecule has 86 valence electrons. The van der Waals surface area contributed by atoms with Crippen LogP contribution in [0.4, 0.5) is 4.39 Å². The number of rotatable bonds is 3. The van der Waals surface area contributed by atoms with Gasteiger partial charge in [-0.3, -0.25) is 4.79 Å². The Balaban J connectivity index is 2.20. The largest absolute Gasteiger partial charge is 0.487 e. The first-order chi connectivity index (χ1) is 7.70. The molecule has 0 aromatic heterocycles. The summed E-state index contributed by atoms with van der Waals surface area (Å²) in [5.41, 5.74) is 0.0156. The van der Waals surface area contributed by atoms with Crippen molar-refractivity contribution in [1.29, 1.82) is 0 Å². The van der Waals surface area contributed by atoms with E-state index < -0.39 is 5.82 Å². The highest BCUT2D eigenvalue weighted by molar-refractivity contribution is 9.10. The van der Waals surface area contributed by atoms with Crippen molar-refractivity contribution in [1.82, 2.24) is 0 Å². The van der Waals surface area contributed by atoms with Gasteiger partial charge in [0.1, 0.15) is 17.7 Å². The Morgan fingerprint density at radius 1 is 1.56 bits per heavy atom. The van der Waals surface area contributed by atoms with Gasteiger partial charge in [0.15, 0.2) is 6.29 Å². The lowest BCUT2D eigenvalue weighted by molar-refractivity contribution is 0.111. The number of benzene rings is 1. The zero-order valence-electron chi connectivity index (χ0n) is 8.41. The first kappa shape index (κ1) is 11.5. The van der Waals surface area contributed by atoms with Crippen LogP contribution in [-0.2, 0) is 4.74 Å². The van der Waals surface area contributed by atoms with Crippen molar-refractivity contribution < 1.29 is 18.7 Å². The number of hydrogen-bond donors (Lipinski definition) is 0. The molecule has 1 aromatic carbocycles. The van der Waals surface area contributed by atoms with E-state index in [1.807, 2.05) is 0 Å². The molecule has 0 bridgehead atoms. The molecule has 1 heterocycles. The molecule has 1 saturated heterocycles. The Morgan fingerprint density at radius 2 is 2.38 bits per heavy atom. The normalized spacial score (nSPS) is 19.8. The topological polar surface area (TPSA) is 35.5 Å². The summed E-state index contributed by atoms with van der Waals surface area (Å²) >= 11 is 3.24. The van der Waals surface area contributed by atoms with Gasteiger partial charge in [0.2, 0.25) is 0 Å². The Hall–Kier alpha value is -0.940. The van der Waals surface area contributed by atoms with Crippen molar-refractivity contribution in [2.24, 2.45) is 0 Å². The number of ether oxygens (including phenoxy) is 2. The fourth-order valence-electron chi connectivity index (χ4n) is 1.51. The molecule has 0 saturated carbocycles. The van der Waals surface area contributed by atoms with Crippen molar-refractivity contribution in [2.75, 3.05) is 13.2 Å². The highest BCUT2D eigenvalue weighted by Crippen LogP contribution is 2.29. The SMILES string of the molecule is O=Cc1cc(Br)c(OC2CCOC2)cc1F. The van der Waals surface area contributed by atoms with Gasteiger partial charge in [-0.2, -0.15) is 0 Å². The molecular weight excluding hydrogens is 279 g/mol. The van der Waals surface area contributed by atoms with E-state index >= 15 is 0 Å². The Labute approximate surface area is 101 Å². The van der Waals surface area contributed by atoms with Crippen LogP contribution in [-0.4, -0.2) is 25.6 Å². The van der Waals surface area contributed by atoms with Gasteiger partial charge in [-0.25, -0.2) is 4.39 Å². The van der Waals surface area contributed by atoms with Crippen LogP contribution in [0.3, 0.4) is 0 Å². The van der Waals surface area contributed by atoms with Gasteiger partial charge in [0.05, 0.1) is 23.2 Å². The number of carbonyl (C=O) groups excluding carboxylic acids is 1. The van der Waals surface area contributed by atoms with Crippen molar-refractivity contribution in [3.8, 4) is 5.75 Å². The average molecular weight is 289 g/mol. The predicted molar refractivity (Wildman–Crippen MR) is 59.3 cm³/mol. The van der Waals surface area contributed by atoms with Crippen molar-refractivity contribution in [3.05, 3.63) is 28.0 Å². The Morgan fingerprint density at radius 3 is 3.00 bits per heavy atom. The molecule has 2 rings (SSSR count). The fraction of sp³-hybridized carbons (Fsp3) is 0.364. The Bertz CT molecular complexity index is 402. The highest BCUT2D eigenvalue weighted by atomic mass is 79.9. The molecule has 1 unspecified atom stereocenters. The van der Waals surface area contributed by atoms with Gasteiger partial charge < -0.3 is 9.47 Å². The van der Waals surface area contributed by atoms with Crippen LogP contribution in [0.2, 0.25) is 0 Å². The van der Waals surface area contributed by atoms with Gasteiger partial charge in [0, 0.05) is 12.5 Å². The molecule has 1 atom stereocenters. The summed E-state index contributed by atoms with van der Waals surface area (Å²) in [5, 5.41) is 0. The van der Waals surface area contributed by atoms with E-state index in [2.05, 4.69) is 15.9 Å². The number of carbonyl (C=O) groups is 1. The summed E-state index contributed by atoms with van der Waals surface area (Å²) in [4.78, 5) is 10.5. The summed E-state index contributed by atoms with van der Waals surface area (Å²) < 4.78 is 24.6. The molecule has 1 aliphatic heterocycles. The minimum Gasteiger partial charge on any atom is -0.487 e. The molecule has 5 heteroatoms. The first-order valence-electron chi connectivity index (χ1n) is 4.89. The molecule has 0 aliphatic carbocycles. The molecule has 16 heavy (non-hydrogen) atoms.